The number of anilines is 2. The monoisotopic (exact) mass is 480 g/mol. The van der Waals surface area contributed by atoms with Crippen molar-refractivity contribution < 1.29 is 18.1 Å². The third-order valence-corrected chi connectivity index (χ3v) is 9.22. The average molecular weight is 481 g/mol. The normalized spacial score (nSPS) is 31.1. The molecule has 2 aliphatic heterocycles. The summed E-state index contributed by atoms with van der Waals surface area (Å²) >= 11 is 6.00. The summed E-state index contributed by atoms with van der Waals surface area (Å²) in [4.78, 5) is 11.0. The number of nitrogens with zero attached hydrogens (tertiary/aromatic N) is 3. The highest BCUT2D eigenvalue weighted by Gasteiger charge is 2.57. The topological polar surface area (TPSA) is 78.4 Å². The molecular weight excluding hydrogens is 458 g/mol. The maximum atomic E-state index is 14.3. The molecule has 0 amide bonds. The van der Waals surface area contributed by atoms with Gasteiger partial charge in [0.15, 0.2) is 0 Å². The predicted octanol–water partition coefficient (Wildman–Crippen LogP) is 3.56. The molecule has 6 rings (SSSR count). The number of rotatable bonds is 5. The van der Waals surface area contributed by atoms with Crippen LogP contribution in [0.4, 0.5) is 20.5 Å². The van der Waals surface area contributed by atoms with Gasteiger partial charge < -0.3 is 15.3 Å². The van der Waals surface area contributed by atoms with Crippen LogP contribution in [0, 0.1) is 11.8 Å². The van der Waals surface area contributed by atoms with Gasteiger partial charge in [-0.15, -0.1) is 0 Å². The van der Waals surface area contributed by atoms with Crippen LogP contribution in [0.2, 0.25) is 5.02 Å². The molecule has 1 saturated heterocycles. The second kappa shape index (κ2) is 7.08. The SMILES string of the molecule is O=S1c2c(nc(N3CC4C(C3)C4c3ccc(Cl)cc3)nc2NC2(CO)CCC2)CC1(F)F. The number of aliphatic hydroxyl groups is 1. The molecule has 170 valence electrons. The van der Waals surface area contributed by atoms with Crippen molar-refractivity contribution in [2.24, 2.45) is 11.8 Å². The van der Waals surface area contributed by atoms with Crippen molar-refractivity contribution in [3.63, 3.8) is 0 Å². The third-order valence-electron chi connectivity index (χ3n) is 7.48. The number of hydrogen-bond acceptors (Lipinski definition) is 6. The average Bonchev–Trinajstić information content (AvgIpc) is 3.11. The first-order valence-electron chi connectivity index (χ1n) is 10.9. The van der Waals surface area contributed by atoms with Gasteiger partial charge >= 0.3 is 5.25 Å². The van der Waals surface area contributed by atoms with Crippen LogP contribution in [0.5, 0.6) is 0 Å². The molecule has 0 bridgehead atoms. The van der Waals surface area contributed by atoms with Crippen molar-refractivity contribution in [1.82, 2.24) is 9.97 Å². The quantitative estimate of drug-likeness (QED) is 0.681. The first kappa shape index (κ1) is 20.7. The minimum Gasteiger partial charge on any atom is -0.394 e. The maximum absolute atomic E-state index is 14.3. The molecule has 0 spiro atoms. The van der Waals surface area contributed by atoms with E-state index in [9.17, 15) is 18.1 Å². The number of alkyl halides is 2. The van der Waals surface area contributed by atoms with E-state index in [0.717, 1.165) is 32.4 Å². The lowest BCUT2D eigenvalue weighted by Gasteiger charge is -2.41. The second-order valence-corrected chi connectivity index (χ2v) is 11.4. The highest BCUT2D eigenvalue weighted by molar-refractivity contribution is 7.86. The van der Waals surface area contributed by atoms with Crippen LogP contribution < -0.4 is 10.2 Å². The standard InChI is InChI=1S/C22H23ClF2N4O2S/c23-13-4-2-12(3-5-13)17-14-9-29(10-15(14)17)20-26-16-8-22(24,25)32(31)18(16)19(27-20)28-21(11-30)6-1-7-21/h2-5,14-15,17,30H,1,6-11H2,(H,26,27,28). The molecule has 0 radical (unpaired) electrons. The van der Waals surface area contributed by atoms with E-state index >= 15 is 0 Å². The fourth-order valence-electron chi connectivity index (χ4n) is 5.48. The molecule has 2 N–H and O–H groups in total. The first-order valence-corrected chi connectivity index (χ1v) is 12.4. The number of fused-ring (bicyclic) bond motifs is 2. The fraction of sp³-hybridized carbons (Fsp3) is 0.545. The molecule has 3 fully saturated rings. The summed E-state index contributed by atoms with van der Waals surface area (Å²) < 4.78 is 41.1. The Kier molecular flexibility index (Phi) is 4.59. The third kappa shape index (κ3) is 3.15. The summed E-state index contributed by atoms with van der Waals surface area (Å²) in [6.07, 6.45) is 1.72. The van der Waals surface area contributed by atoms with E-state index in [0.29, 0.717) is 28.7 Å². The minimum absolute atomic E-state index is 0.0122. The van der Waals surface area contributed by atoms with E-state index < -0.39 is 28.0 Å². The van der Waals surface area contributed by atoms with Crippen molar-refractivity contribution in [3.05, 3.63) is 40.5 Å². The molecule has 32 heavy (non-hydrogen) atoms. The zero-order valence-corrected chi connectivity index (χ0v) is 18.8. The molecule has 2 aromatic rings. The number of piperidine rings is 1. The molecular formula is C22H23ClF2N4O2S. The van der Waals surface area contributed by atoms with Crippen molar-refractivity contribution in [1.29, 1.82) is 0 Å². The summed E-state index contributed by atoms with van der Waals surface area (Å²) in [6, 6.07) is 7.94. The smallest absolute Gasteiger partial charge is 0.331 e. The Labute approximate surface area is 191 Å². The molecule has 3 unspecified atom stereocenters. The zero-order chi connectivity index (χ0) is 22.3. The minimum atomic E-state index is -3.36. The van der Waals surface area contributed by atoms with Crippen molar-refractivity contribution in [2.75, 3.05) is 29.9 Å². The fourth-order valence-corrected chi connectivity index (χ4v) is 6.78. The van der Waals surface area contributed by atoms with Gasteiger partial charge in [0.1, 0.15) is 21.5 Å². The summed E-state index contributed by atoms with van der Waals surface area (Å²) in [6.45, 7) is 1.38. The van der Waals surface area contributed by atoms with E-state index in [4.69, 9.17) is 11.6 Å². The van der Waals surface area contributed by atoms with Gasteiger partial charge in [-0.3, -0.25) is 0 Å². The molecule has 3 atom stereocenters. The van der Waals surface area contributed by atoms with Crippen LogP contribution in [-0.2, 0) is 17.2 Å². The first-order chi connectivity index (χ1) is 15.3. The zero-order valence-electron chi connectivity index (χ0n) is 17.2. The van der Waals surface area contributed by atoms with Crippen LogP contribution in [0.3, 0.4) is 0 Å². The van der Waals surface area contributed by atoms with Crippen LogP contribution in [0.25, 0.3) is 0 Å². The highest BCUT2D eigenvalue weighted by Crippen LogP contribution is 2.58. The van der Waals surface area contributed by atoms with E-state index in [-0.39, 0.29) is 23.0 Å². The van der Waals surface area contributed by atoms with E-state index in [2.05, 4.69) is 27.4 Å². The summed E-state index contributed by atoms with van der Waals surface area (Å²) in [7, 11) is -2.51. The molecule has 10 heteroatoms. The van der Waals surface area contributed by atoms with Gasteiger partial charge in [-0.1, -0.05) is 23.7 Å². The van der Waals surface area contributed by atoms with Crippen LogP contribution in [0.15, 0.2) is 29.2 Å². The Balaban J connectivity index is 1.28. The largest absolute Gasteiger partial charge is 0.394 e. The molecule has 1 aromatic carbocycles. The molecule has 4 aliphatic rings. The van der Waals surface area contributed by atoms with Crippen LogP contribution in [0.1, 0.15) is 36.4 Å². The maximum Gasteiger partial charge on any atom is 0.331 e. The second-order valence-electron chi connectivity index (χ2n) is 9.46. The molecule has 6 nitrogen and oxygen atoms in total. The van der Waals surface area contributed by atoms with Crippen molar-refractivity contribution in [2.45, 2.75) is 47.3 Å². The highest BCUT2D eigenvalue weighted by atomic mass is 35.5. The van der Waals surface area contributed by atoms with E-state index in [1.807, 2.05) is 17.0 Å². The van der Waals surface area contributed by atoms with Gasteiger partial charge in [0.2, 0.25) is 5.95 Å². The Hall–Kier alpha value is -1.84. The lowest BCUT2D eigenvalue weighted by atomic mass is 9.77. The van der Waals surface area contributed by atoms with Gasteiger partial charge in [0.05, 0.1) is 24.3 Å². The van der Waals surface area contributed by atoms with Gasteiger partial charge in [-0.25, -0.2) is 9.19 Å². The summed E-state index contributed by atoms with van der Waals surface area (Å²) in [5, 5.41) is 10.4. The van der Waals surface area contributed by atoms with Gasteiger partial charge in [0, 0.05) is 18.1 Å². The Bertz CT molecular complexity index is 1090. The number of aromatic nitrogens is 2. The number of aliphatic hydroxyl groups excluding tert-OH is 1. The predicted molar refractivity (Wildman–Crippen MR) is 118 cm³/mol. The van der Waals surface area contributed by atoms with Crippen LogP contribution >= 0.6 is 11.6 Å². The molecule has 3 heterocycles. The van der Waals surface area contributed by atoms with E-state index in [1.54, 1.807) is 0 Å². The number of benzene rings is 1. The van der Waals surface area contributed by atoms with Gasteiger partial charge in [-0.05, 0) is 54.7 Å². The van der Waals surface area contributed by atoms with Crippen molar-refractivity contribution in [3.8, 4) is 0 Å². The lowest BCUT2D eigenvalue weighted by Crippen LogP contribution is -2.48. The number of hydrogen-bond donors (Lipinski definition) is 2. The molecule has 2 saturated carbocycles. The van der Waals surface area contributed by atoms with Gasteiger partial charge in [-0.2, -0.15) is 13.8 Å². The van der Waals surface area contributed by atoms with Crippen molar-refractivity contribution >= 4 is 34.2 Å². The number of halogens is 3. The van der Waals surface area contributed by atoms with E-state index in [1.165, 1.54) is 5.56 Å². The van der Waals surface area contributed by atoms with Gasteiger partial charge in [0.25, 0.3) is 0 Å². The lowest BCUT2D eigenvalue weighted by molar-refractivity contribution is 0.104. The molecule has 1 aromatic heterocycles. The Morgan fingerprint density at radius 1 is 1.19 bits per heavy atom. The summed E-state index contributed by atoms with van der Waals surface area (Å²) in [5.41, 5.74) is 0.822. The molecule has 2 aliphatic carbocycles. The number of nitrogens with one attached hydrogen (secondary N) is 1. The Morgan fingerprint density at radius 3 is 2.47 bits per heavy atom. The Morgan fingerprint density at radius 2 is 1.88 bits per heavy atom. The van der Waals surface area contributed by atoms with Crippen LogP contribution in [-0.4, -0.2) is 49.8 Å². The summed E-state index contributed by atoms with van der Waals surface area (Å²) in [5.74, 6) is 1.99.